The second kappa shape index (κ2) is 6.93. The molecular weight excluding hydrogens is 345 g/mol. The fraction of sp³-hybridized carbons (Fsp3) is 0.571. The second-order valence-corrected chi connectivity index (χ2v) is 8.78. The first kappa shape index (κ1) is 17.9. The molecule has 26 heavy (non-hydrogen) atoms. The van der Waals surface area contributed by atoms with E-state index in [9.17, 15) is 4.39 Å². The lowest BCUT2D eigenvalue weighted by atomic mass is 9.76. The summed E-state index contributed by atoms with van der Waals surface area (Å²) in [5, 5.41) is 3.28. The number of hydrogen-bond acceptors (Lipinski definition) is 4. The molecule has 1 aromatic heterocycles. The number of aromatic nitrogens is 1. The Morgan fingerprint density at radius 2 is 1.85 bits per heavy atom. The van der Waals surface area contributed by atoms with Crippen LogP contribution in [-0.4, -0.2) is 42.1 Å². The largest absolute Gasteiger partial charge is 0.343 e. The lowest BCUT2D eigenvalue weighted by Gasteiger charge is -2.43. The molecule has 5 heteroatoms. The van der Waals surface area contributed by atoms with Crippen LogP contribution in [0.2, 0.25) is 0 Å². The van der Waals surface area contributed by atoms with Gasteiger partial charge in [-0.05, 0) is 45.4 Å². The van der Waals surface area contributed by atoms with Crippen molar-refractivity contribution in [1.82, 2.24) is 9.88 Å². The highest BCUT2D eigenvalue weighted by Crippen LogP contribution is 2.48. The molecule has 0 N–H and O–H groups in total. The number of likely N-dealkylation sites (N-methyl/N-ethyl adjacent to an activating group) is 1. The highest BCUT2D eigenvalue weighted by atomic mass is 32.1. The maximum atomic E-state index is 14.6. The average molecular weight is 374 g/mol. The molecule has 1 aliphatic carbocycles. The Labute approximate surface area is 159 Å². The molecule has 0 amide bonds. The van der Waals surface area contributed by atoms with Crippen LogP contribution in [0, 0.1) is 5.82 Å². The van der Waals surface area contributed by atoms with Crippen LogP contribution in [-0.2, 0) is 5.41 Å². The molecule has 4 rings (SSSR count). The smallest absolute Gasteiger partial charge is 0.185 e. The Bertz CT molecular complexity index is 768. The van der Waals surface area contributed by atoms with Gasteiger partial charge in [-0.25, -0.2) is 9.37 Å². The van der Waals surface area contributed by atoms with Crippen LogP contribution >= 0.6 is 11.3 Å². The lowest BCUT2D eigenvalue weighted by molar-refractivity contribution is 0.196. The van der Waals surface area contributed by atoms with Crippen LogP contribution in [0.4, 0.5) is 9.52 Å². The summed E-state index contributed by atoms with van der Waals surface area (Å²) in [6.07, 6.45) is 4.27. The number of anilines is 1. The summed E-state index contributed by atoms with van der Waals surface area (Å²) in [6.45, 7) is 6.62. The van der Waals surface area contributed by atoms with E-state index in [1.807, 2.05) is 12.1 Å². The molecule has 0 bridgehead atoms. The van der Waals surface area contributed by atoms with E-state index in [1.54, 1.807) is 23.5 Å². The Morgan fingerprint density at radius 1 is 1.12 bits per heavy atom. The summed E-state index contributed by atoms with van der Waals surface area (Å²) in [4.78, 5) is 9.92. The Hall–Kier alpha value is -1.46. The minimum absolute atomic E-state index is 0.0921. The molecule has 1 saturated heterocycles. The van der Waals surface area contributed by atoms with Gasteiger partial charge >= 0.3 is 0 Å². The Morgan fingerprint density at radius 3 is 2.58 bits per heavy atom. The van der Waals surface area contributed by atoms with Crippen molar-refractivity contribution in [2.75, 3.05) is 25.0 Å². The van der Waals surface area contributed by atoms with Crippen LogP contribution in [0.25, 0.3) is 0 Å². The van der Waals surface area contributed by atoms with Gasteiger partial charge in [0.05, 0.1) is 5.69 Å². The van der Waals surface area contributed by atoms with Gasteiger partial charge in [-0.3, -0.25) is 4.90 Å². The molecule has 1 aromatic carbocycles. The Kier molecular flexibility index (Phi) is 4.78. The second-order valence-electron chi connectivity index (χ2n) is 7.94. The molecule has 2 aromatic rings. The zero-order valence-corrected chi connectivity index (χ0v) is 16.7. The topological polar surface area (TPSA) is 19.4 Å². The van der Waals surface area contributed by atoms with Crippen LogP contribution in [0.3, 0.4) is 0 Å². The molecule has 2 atom stereocenters. The molecule has 0 radical (unpaired) electrons. The van der Waals surface area contributed by atoms with Crippen LogP contribution in [0.15, 0.2) is 29.6 Å². The van der Waals surface area contributed by atoms with Crippen molar-refractivity contribution in [2.24, 2.45) is 0 Å². The highest BCUT2D eigenvalue weighted by Gasteiger charge is 2.42. The third kappa shape index (κ3) is 2.85. The van der Waals surface area contributed by atoms with Crippen molar-refractivity contribution in [1.29, 1.82) is 0 Å². The number of nitrogens with zero attached hydrogens (tertiary/aromatic N) is 3. The third-order valence-corrected chi connectivity index (χ3v) is 7.53. The number of benzene rings is 1. The number of hydrogen-bond donors (Lipinski definition) is 0. The maximum absolute atomic E-state index is 14.6. The zero-order chi connectivity index (χ0) is 18.3. The molecule has 1 saturated carbocycles. The van der Waals surface area contributed by atoms with Crippen molar-refractivity contribution >= 4 is 16.5 Å². The van der Waals surface area contributed by atoms with Gasteiger partial charge in [-0.2, -0.15) is 0 Å². The fourth-order valence-electron chi connectivity index (χ4n) is 4.68. The summed E-state index contributed by atoms with van der Waals surface area (Å²) in [6, 6.07) is 8.22. The predicted octanol–water partition coefficient (Wildman–Crippen LogP) is 4.67. The summed E-state index contributed by atoms with van der Waals surface area (Å²) in [7, 11) is 2.19. The summed E-state index contributed by atoms with van der Waals surface area (Å²) < 4.78 is 14.6. The number of halogens is 1. The van der Waals surface area contributed by atoms with Gasteiger partial charge in [0.1, 0.15) is 5.82 Å². The highest BCUT2D eigenvalue weighted by molar-refractivity contribution is 7.13. The predicted molar refractivity (Wildman–Crippen MR) is 107 cm³/mol. The molecule has 1 aliphatic heterocycles. The lowest BCUT2D eigenvalue weighted by Crippen LogP contribution is -2.56. The van der Waals surface area contributed by atoms with Crippen molar-refractivity contribution in [3.63, 3.8) is 0 Å². The average Bonchev–Trinajstić information content (AvgIpc) is 3.30. The fourth-order valence-corrected chi connectivity index (χ4v) is 5.72. The molecule has 140 valence electrons. The SMILES string of the molecule is C[C@@H]1[C@@H](C)N(c2nc(C3(c4ccccc4F)CCCC3)cs2)CCN1C. The van der Waals surface area contributed by atoms with Crippen LogP contribution < -0.4 is 4.90 Å². The summed E-state index contributed by atoms with van der Waals surface area (Å²) in [5.74, 6) is -0.0921. The normalized spacial score (nSPS) is 26.4. The van der Waals surface area contributed by atoms with Crippen molar-refractivity contribution in [3.05, 3.63) is 46.7 Å². The number of thiazole rings is 1. The first-order valence-electron chi connectivity index (χ1n) is 9.71. The van der Waals surface area contributed by atoms with Crippen molar-refractivity contribution in [2.45, 2.75) is 57.0 Å². The summed E-state index contributed by atoms with van der Waals surface area (Å²) in [5.41, 5.74) is 1.65. The van der Waals surface area contributed by atoms with Gasteiger partial charge in [0, 0.05) is 36.0 Å². The monoisotopic (exact) mass is 373 g/mol. The van der Waals surface area contributed by atoms with E-state index < -0.39 is 0 Å². The summed E-state index contributed by atoms with van der Waals surface area (Å²) >= 11 is 1.72. The van der Waals surface area contributed by atoms with E-state index in [0.29, 0.717) is 12.1 Å². The van der Waals surface area contributed by atoms with Gasteiger partial charge in [0.2, 0.25) is 0 Å². The number of piperazine rings is 1. The van der Waals surface area contributed by atoms with Gasteiger partial charge < -0.3 is 4.90 Å². The maximum Gasteiger partial charge on any atom is 0.185 e. The quantitative estimate of drug-likeness (QED) is 0.779. The van der Waals surface area contributed by atoms with Crippen LogP contribution in [0.1, 0.15) is 50.8 Å². The van der Waals surface area contributed by atoms with E-state index in [0.717, 1.165) is 55.2 Å². The van der Waals surface area contributed by atoms with Gasteiger partial charge in [0.15, 0.2) is 5.13 Å². The van der Waals surface area contributed by atoms with Gasteiger partial charge in [-0.15, -0.1) is 11.3 Å². The molecular formula is C21H28FN3S. The van der Waals surface area contributed by atoms with Crippen molar-refractivity contribution in [3.8, 4) is 0 Å². The third-order valence-electron chi connectivity index (χ3n) is 6.65. The van der Waals surface area contributed by atoms with Gasteiger partial charge in [-0.1, -0.05) is 31.0 Å². The van der Waals surface area contributed by atoms with E-state index in [1.165, 1.54) is 0 Å². The van der Waals surface area contributed by atoms with E-state index in [2.05, 4.69) is 36.1 Å². The van der Waals surface area contributed by atoms with E-state index >= 15 is 0 Å². The molecule has 0 unspecified atom stereocenters. The molecule has 0 spiro atoms. The molecule has 2 aliphatic rings. The van der Waals surface area contributed by atoms with Crippen molar-refractivity contribution < 1.29 is 4.39 Å². The first-order valence-corrected chi connectivity index (χ1v) is 10.6. The van der Waals surface area contributed by atoms with Gasteiger partial charge in [0.25, 0.3) is 0 Å². The van der Waals surface area contributed by atoms with E-state index in [4.69, 9.17) is 4.98 Å². The zero-order valence-electron chi connectivity index (χ0n) is 15.9. The van der Waals surface area contributed by atoms with E-state index in [-0.39, 0.29) is 11.2 Å². The minimum atomic E-state index is -0.248. The molecule has 2 heterocycles. The Balaban J connectivity index is 1.69. The standard InChI is InChI=1S/C21H28FN3S/c1-15-16(2)25(13-12-24(15)3)20-23-19(14-26-20)21(10-6-7-11-21)17-8-4-5-9-18(17)22/h4-5,8-9,14-16H,6-7,10-13H2,1-3H3/t15-,16-/m1/s1. The first-order chi connectivity index (χ1) is 12.5. The number of rotatable bonds is 3. The molecule has 3 nitrogen and oxygen atoms in total. The molecule has 2 fully saturated rings. The van der Waals surface area contributed by atoms with Crippen LogP contribution in [0.5, 0.6) is 0 Å². The minimum Gasteiger partial charge on any atom is -0.343 e.